The molecule has 0 spiro atoms. The molecular weight excluding hydrogens is 322 g/mol. The Morgan fingerprint density at radius 2 is 2.08 bits per heavy atom. The summed E-state index contributed by atoms with van der Waals surface area (Å²) < 4.78 is 6.57. The van der Waals surface area contributed by atoms with Crippen molar-refractivity contribution in [1.29, 1.82) is 0 Å². The van der Waals surface area contributed by atoms with Gasteiger partial charge in [0.25, 0.3) is 5.56 Å². The van der Waals surface area contributed by atoms with Crippen molar-refractivity contribution in [2.24, 2.45) is 0 Å². The van der Waals surface area contributed by atoms with Gasteiger partial charge in [0.2, 0.25) is 5.91 Å². The molecule has 0 saturated carbocycles. The predicted molar refractivity (Wildman–Crippen MR) is 93.3 cm³/mol. The van der Waals surface area contributed by atoms with Crippen LogP contribution in [0.25, 0.3) is 10.9 Å². The van der Waals surface area contributed by atoms with Crippen LogP contribution in [0.2, 0.25) is 0 Å². The van der Waals surface area contributed by atoms with Crippen LogP contribution >= 0.6 is 0 Å². The van der Waals surface area contributed by atoms with Crippen LogP contribution in [0.1, 0.15) is 13.3 Å². The van der Waals surface area contributed by atoms with Crippen molar-refractivity contribution in [1.82, 2.24) is 25.2 Å². The van der Waals surface area contributed by atoms with Crippen LogP contribution in [0, 0.1) is 0 Å². The van der Waals surface area contributed by atoms with Crippen LogP contribution in [0.15, 0.2) is 29.1 Å². The van der Waals surface area contributed by atoms with Crippen LogP contribution in [0.5, 0.6) is 0 Å². The van der Waals surface area contributed by atoms with Crippen LogP contribution in [-0.2, 0) is 16.1 Å². The Morgan fingerprint density at radius 1 is 1.32 bits per heavy atom. The first-order valence-electron chi connectivity index (χ1n) is 8.56. The highest BCUT2D eigenvalue weighted by Crippen LogP contribution is 2.04. The molecule has 8 heteroatoms. The molecule has 134 valence electrons. The van der Waals surface area contributed by atoms with E-state index in [1.54, 1.807) is 18.2 Å². The summed E-state index contributed by atoms with van der Waals surface area (Å²) in [5, 5.41) is 11.4. The van der Waals surface area contributed by atoms with Gasteiger partial charge in [-0.25, -0.2) is 4.68 Å². The lowest BCUT2D eigenvalue weighted by molar-refractivity contribution is -0.121. The van der Waals surface area contributed by atoms with Gasteiger partial charge in [-0.2, -0.15) is 0 Å². The molecule has 1 saturated heterocycles. The number of nitrogens with zero attached hydrogens (tertiary/aromatic N) is 4. The van der Waals surface area contributed by atoms with E-state index in [4.69, 9.17) is 4.74 Å². The van der Waals surface area contributed by atoms with Gasteiger partial charge in [0.05, 0.1) is 25.1 Å². The van der Waals surface area contributed by atoms with Gasteiger partial charge in [0.1, 0.15) is 5.52 Å². The lowest BCUT2D eigenvalue weighted by atomic mass is 10.2. The SMILES string of the molecule is C[C@@H](CNC(=O)CCn1nnc2ccccc2c1=O)N1CCOCC1. The number of carbonyl (C=O) groups excluding carboxylic acids is 1. The number of aryl methyl sites for hydroxylation is 1. The number of amides is 1. The second-order valence-corrected chi connectivity index (χ2v) is 6.19. The number of fused-ring (bicyclic) bond motifs is 1. The summed E-state index contributed by atoms with van der Waals surface area (Å²) in [6.45, 7) is 6.14. The Hall–Kier alpha value is -2.32. The summed E-state index contributed by atoms with van der Waals surface area (Å²) >= 11 is 0. The zero-order valence-electron chi connectivity index (χ0n) is 14.4. The van der Waals surface area contributed by atoms with Gasteiger partial charge in [-0.15, -0.1) is 5.10 Å². The number of rotatable bonds is 6. The Balaban J connectivity index is 1.50. The summed E-state index contributed by atoms with van der Waals surface area (Å²) in [5.41, 5.74) is 0.340. The van der Waals surface area contributed by atoms with Crippen LogP contribution in [0.4, 0.5) is 0 Å². The molecule has 1 N–H and O–H groups in total. The number of ether oxygens (including phenoxy) is 1. The Morgan fingerprint density at radius 3 is 2.88 bits per heavy atom. The number of nitrogens with one attached hydrogen (secondary N) is 1. The summed E-state index contributed by atoms with van der Waals surface area (Å²) in [4.78, 5) is 26.7. The zero-order chi connectivity index (χ0) is 17.6. The molecule has 1 amide bonds. The van der Waals surface area contributed by atoms with E-state index in [9.17, 15) is 9.59 Å². The lowest BCUT2D eigenvalue weighted by Crippen LogP contribution is -2.47. The third-order valence-corrected chi connectivity index (χ3v) is 4.44. The Bertz CT molecular complexity index is 785. The maximum atomic E-state index is 12.3. The first-order valence-corrected chi connectivity index (χ1v) is 8.56. The van der Waals surface area contributed by atoms with E-state index in [2.05, 4.69) is 27.5 Å². The Labute approximate surface area is 145 Å². The highest BCUT2D eigenvalue weighted by atomic mass is 16.5. The van der Waals surface area contributed by atoms with Crippen LogP contribution in [-0.4, -0.2) is 64.7 Å². The molecule has 8 nitrogen and oxygen atoms in total. The van der Waals surface area contributed by atoms with Gasteiger partial charge in [0, 0.05) is 32.1 Å². The molecule has 0 radical (unpaired) electrons. The molecule has 1 fully saturated rings. The minimum absolute atomic E-state index is 0.0954. The van der Waals surface area contributed by atoms with Crippen molar-refractivity contribution in [2.75, 3.05) is 32.8 Å². The monoisotopic (exact) mass is 345 g/mol. The first-order chi connectivity index (χ1) is 12.1. The standard InChI is InChI=1S/C17H23N5O3/c1-13(21-8-10-25-11-9-21)12-18-16(23)6-7-22-17(24)14-4-2-3-5-15(14)19-20-22/h2-5,13H,6-12H2,1H3,(H,18,23)/t13-/m0/s1. The lowest BCUT2D eigenvalue weighted by Gasteiger charge is -2.32. The van der Waals surface area contributed by atoms with E-state index in [-0.39, 0.29) is 30.5 Å². The molecule has 1 aliphatic heterocycles. The van der Waals surface area contributed by atoms with Gasteiger partial charge in [-0.05, 0) is 19.1 Å². The van der Waals surface area contributed by atoms with Gasteiger partial charge in [-0.1, -0.05) is 17.3 Å². The van der Waals surface area contributed by atoms with E-state index < -0.39 is 0 Å². The third-order valence-electron chi connectivity index (χ3n) is 4.44. The maximum Gasteiger partial charge on any atom is 0.277 e. The molecule has 2 heterocycles. The van der Waals surface area contributed by atoms with Crippen molar-refractivity contribution in [3.05, 3.63) is 34.6 Å². The molecule has 2 aromatic rings. The second kappa shape index (κ2) is 8.17. The normalized spacial score (nSPS) is 16.7. The van der Waals surface area contributed by atoms with E-state index in [1.807, 2.05) is 6.07 Å². The number of aromatic nitrogens is 3. The summed E-state index contributed by atoms with van der Waals surface area (Å²) in [6, 6.07) is 7.32. The topological polar surface area (TPSA) is 89.3 Å². The predicted octanol–water partition coefficient (Wildman–Crippen LogP) is 0.0185. The van der Waals surface area contributed by atoms with E-state index >= 15 is 0 Å². The number of morpholine rings is 1. The molecule has 1 aromatic heterocycles. The minimum atomic E-state index is -0.222. The quantitative estimate of drug-likeness (QED) is 0.794. The smallest absolute Gasteiger partial charge is 0.277 e. The maximum absolute atomic E-state index is 12.3. The summed E-state index contributed by atoms with van der Waals surface area (Å²) in [5.74, 6) is -0.0954. The zero-order valence-corrected chi connectivity index (χ0v) is 14.4. The third kappa shape index (κ3) is 4.40. The van der Waals surface area contributed by atoms with E-state index in [1.165, 1.54) is 4.68 Å². The Kier molecular flexibility index (Phi) is 5.72. The first kappa shape index (κ1) is 17.5. The van der Waals surface area contributed by atoms with Crippen molar-refractivity contribution in [2.45, 2.75) is 25.9 Å². The van der Waals surface area contributed by atoms with Crippen molar-refractivity contribution >= 4 is 16.8 Å². The van der Waals surface area contributed by atoms with Crippen LogP contribution in [0.3, 0.4) is 0 Å². The average Bonchev–Trinajstić information content (AvgIpc) is 2.66. The fourth-order valence-electron chi connectivity index (χ4n) is 2.87. The van der Waals surface area contributed by atoms with E-state index in [0.29, 0.717) is 17.4 Å². The fraction of sp³-hybridized carbons (Fsp3) is 0.529. The van der Waals surface area contributed by atoms with Crippen LogP contribution < -0.4 is 10.9 Å². The molecule has 25 heavy (non-hydrogen) atoms. The van der Waals surface area contributed by atoms with Crippen molar-refractivity contribution in [3.63, 3.8) is 0 Å². The molecule has 3 rings (SSSR count). The number of hydrogen-bond acceptors (Lipinski definition) is 6. The minimum Gasteiger partial charge on any atom is -0.379 e. The van der Waals surface area contributed by atoms with Gasteiger partial charge in [0.15, 0.2) is 0 Å². The highest BCUT2D eigenvalue weighted by molar-refractivity contribution is 5.77. The molecule has 1 atom stereocenters. The number of hydrogen-bond donors (Lipinski definition) is 1. The molecular formula is C17H23N5O3. The molecule has 0 unspecified atom stereocenters. The molecule has 1 aliphatic rings. The summed E-state index contributed by atoms with van der Waals surface area (Å²) in [7, 11) is 0. The molecule has 1 aromatic carbocycles. The summed E-state index contributed by atoms with van der Waals surface area (Å²) in [6.07, 6.45) is 0.197. The van der Waals surface area contributed by atoms with Gasteiger partial charge >= 0.3 is 0 Å². The number of carbonyl (C=O) groups is 1. The molecule has 0 bridgehead atoms. The number of benzene rings is 1. The largest absolute Gasteiger partial charge is 0.379 e. The van der Waals surface area contributed by atoms with E-state index in [0.717, 1.165) is 26.3 Å². The highest BCUT2D eigenvalue weighted by Gasteiger charge is 2.17. The average molecular weight is 345 g/mol. The van der Waals surface area contributed by atoms with Crippen molar-refractivity contribution < 1.29 is 9.53 Å². The van der Waals surface area contributed by atoms with Gasteiger partial charge in [-0.3, -0.25) is 14.5 Å². The fourth-order valence-corrected chi connectivity index (χ4v) is 2.87. The van der Waals surface area contributed by atoms with Crippen molar-refractivity contribution in [3.8, 4) is 0 Å². The molecule has 0 aliphatic carbocycles. The second-order valence-electron chi connectivity index (χ2n) is 6.19. The van der Waals surface area contributed by atoms with Gasteiger partial charge < -0.3 is 10.1 Å².